The van der Waals surface area contributed by atoms with Crippen molar-refractivity contribution in [2.75, 3.05) is 27.3 Å². The van der Waals surface area contributed by atoms with Gasteiger partial charge in [0.2, 0.25) is 11.5 Å². The molecule has 6 aliphatic rings. The third kappa shape index (κ3) is 3.94. The summed E-state index contributed by atoms with van der Waals surface area (Å²) in [5.41, 5.74) is 11.8. The van der Waals surface area contributed by atoms with Gasteiger partial charge in [-0.05, 0) is 67.8 Å². The van der Waals surface area contributed by atoms with E-state index in [-0.39, 0.29) is 27.2 Å². The monoisotopic (exact) mass is 482 g/mol. The second-order valence-electron chi connectivity index (χ2n) is 11.3. The number of aliphatic imine (C=N–C) groups is 1. The normalized spacial score (nSPS) is 35.1. The van der Waals surface area contributed by atoms with Crippen LogP contribution in [0.2, 0.25) is 0 Å². The Bertz CT molecular complexity index is 1040. The van der Waals surface area contributed by atoms with Gasteiger partial charge in [0.1, 0.15) is 6.20 Å². The number of methoxy groups -OCH3 is 1. The Morgan fingerprint density at radius 3 is 2.31 bits per heavy atom. The number of ether oxygens (including phenoxy) is 1. The van der Waals surface area contributed by atoms with Gasteiger partial charge in [0.15, 0.2) is 11.7 Å². The Kier molecular flexibility index (Phi) is 5.96. The SMILES string of the molecule is COCCN(C)C(=O)C(CC12CC3CC(CC(C3)C1)C2)[N+]12C=C(C(N)=O)N=C1C=CC=C2C(N)=O. The summed E-state index contributed by atoms with van der Waals surface area (Å²) in [6.07, 6.45) is 14.4. The maximum Gasteiger partial charge on any atom is 0.303 e. The number of carbonyl (C=O) groups is 3. The largest absolute Gasteiger partial charge is 0.383 e. The van der Waals surface area contributed by atoms with E-state index < -0.39 is 17.9 Å². The lowest BCUT2D eigenvalue weighted by Gasteiger charge is -2.58. The van der Waals surface area contributed by atoms with Gasteiger partial charge < -0.3 is 21.1 Å². The van der Waals surface area contributed by atoms with Crippen LogP contribution in [-0.2, 0) is 19.1 Å². The van der Waals surface area contributed by atoms with Gasteiger partial charge in [-0.3, -0.25) is 14.4 Å². The number of likely N-dealkylation sites (N-methyl/N-ethyl adjacent to an activating group) is 1. The van der Waals surface area contributed by atoms with Crippen LogP contribution >= 0.6 is 0 Å². The van der Waals surface area contributed by atoms with Crippen LogP contribution in [0.3, 0.4) is 0 Å². The molecule has 35 heavy (non-hydrogen) atoms. The predicted molar refractivity (Wildman–Crippen MR) is 130 cm³/mol. The van der Waals surface area contributed by atoms with Gasteiger partial charge in [0.25, 0.3) is 11.8 Å². The molecule has 3 amide bonds. The summed E-state index contributed by atoms with van der Waals surface area (Å²) in [5, 5.41) is 0. The topological polar surface area (TPSA) is 128 Å². The van der Waals surface area contributed by atoms with E-state index in [0.29, 0.717) is 43.2 Å². The number of primary amides is 2. The number of allylic oxidation sites excluding steroid dienone is 2. The lowest BCUT2D eigenvalue weighted by Crippen LogP contribution is -2.63. The Balaban J connectivity index is 1.61. The van der Waals surface area contributed by atoms with E-state index in [4.69, 9.17) is 16.2 Å². The number of carbonyl (C=O) groups excluding carboxylic acids is 3. The van der Waals surface area contributed by atoms with E-state index in [2.05, 4.69) is 4.99 Å². The summed E-state index contributed by atoms with van der Waals surface area (Å²) in [5.74, 6) is 1.09. The van der Waals surface area contributed by atoms with Crippen molar-refractivity contribution in [1.29, 1.82) is 0 Å². The second kappa shape index (κ2) is 8.71. The Morgan fingerprint density at radius 1 is 1.14 bits per heavy atom. The Morgan fingerprint density at radius 2 is 1.77 bits per heavy atom. The fraction of sp³-hybridized carbons (Fsp3) is 0.615. The molecule has 188 valence electrons. The first-order chi connectivity index (χ1) is 16.7. The van der Waals surface area contributed by atoms with Crippen LogP contribution in [0.25, 0.3) is 0 Å². The number of amidine groups is 1. The number of hydrogen-bond acceptors (Lipinski definition) is 5. The highest BCUT2D eigenvalue weighted by molar-refractivity contribution is 6.05. The summed E-state index contributed by atoms with van der Waals surface area (Å²) in [6.45, 7) is 0.811. The molecule has 0 spiro atoms. The third-order valence-corrected chi connectivity index (χ3v) is 8.92. The van der Waals surface area contributed by atoms with Gasteiger partial charge in [-0.1, -0.05) is 0 Å². The van der Waals surface area contributed by atoms with Crippen LogP contribution < -0.4 is 11.5 Å². The zero-order chi connectivity index (χ0) is 25.0. The molecule has 0 saturated heterocycles. The maximum atomic E-state index is 14.2. The molecular weight excluding hydrogens is 446 g/mol. The fourth-order valence-electron chi connectivity index (χ4n) is 7.95. The summed E-state index contributed by atoms with van der Waals surface area (Å²) >= 11 is 0. The smallest absolute Gasteiger partial charge is 0.303 e. The zero-order valence-corrected chi connectivity index (χ0v) is 20.6. The summed E-state index contributed by atoms with van der Waals surface area (Å²) in [4.78, 5) is 45.3. The lowest BCUT2D eigenvalue weighted by atomic mass is 9.48. The first-order valence-corrected chi connectivity index (χ1v) is 12.6. The molecule has 9 heteroatoms. The van der Waals surface area contributed by atoms with E-state index in [9.17, 15) is 14.4 Å². The van der Waals surface area contributed by atoms with Crippen molar-refractivity contribution in [3.8, 4) is 0 Å². The van der Waals surface area contributed by atoms with E-state index in [0.717, 1.165) is 19.3 Å². The highest BCUT2D eigenvalue weighted by Gasteiger charge is 2.60. The summed E-state index contributed by atoms with van der Waals surface area (Å²) < 4.78 is 4.95. The van der Waals surface area contributed by atoms with E-state index in [1.54, 1.807) is 43.5 Å². The third-order valence-electron chi connectivity index (χ3n) is 8.92. The number of quaternary nitrogens is 1. The van der Waals surface area contributed by atoms with Crippen LogP contribution in [0.4, 0.5) is 0 Å². The molecule has 0 aromatic heterocycles. The minimum absolute atomic E-state index is 0.0303. The number of nitrogens with zero attached hydrogens (tertiary/aromatic N) is 3. The fourth-order valence-corrected chi connectivity index (χ4v) is 7.95. The molecule has 4 fully saturated rings. The molecule has 0 aromatic carbocycles. The number of rotatable bonds is 9. The number of amides is 3. The minimum atomic E-state index is -0.699. The molecule has 4 bridgehead atoms. The first kappa shape index (κ1) is 23.9. The Labute approximate surface area is 206 Å². The van der Waals surface area contributed by atoms with Crippen LogP contribution in [0.15, 0.2) is 40.8 Å². The first-order valence-electron chi connectivity index (χ1n) is 12.6. The molecule has 2 atom stereocenters. The van der Waals surface area contributed by atoms with Gasteiger partial charge in [0.05, 0.1) is 6.61 Å². The highest BCUT2D eigenvalue weighted by atomic mass is 16.5. The van der Waals surface area contributed by atoms with Crippen molar-refractivity contribution in [2.45, 2.75) is 51.0 Å². The second-order valence-corrected chi connectivity index (χ2v) is 11.3. The molecule has 0 radical (unpaired) electrons. The maximum absolute atomic E-state index is 14.2. The molecule has 4 aliphatic carbocycles. The Hall–Kier alpha value is -2.78. The summed E-state index contributed by atoms with van der Waals surface area (Å²) in [7, 11) is 3.36. The molecular formula is C26H36N5O4+. The van der Waals surface area contributed by atoms with E-state index in [1.165, 1.54) is 19.3 Å². The lowest BCUT2D eigenvalue weighted by molar-refractivity contribution is -0.760. The molecule has 9 nitrogen and oxygen atoms in total. The van der Waals surface area contributed by atoms with Crippen LogP contribution in [0.5, 0.6) is 0 Å². The van der Waals surface area contributed by atoms with Crippen molar-refractivity contribution in [3.05, 3.63) is 35.8 Å². The van der Waals surface area contributed by atoms with E-state index >= 15 is 0 Å². The number of nitrogens with two attached hydrogens (primary N) is 2. The summed E-state index contributed by atoms with van der Waals surface area (Å²) in [6, 6.07) is -0.688. The molecule has 2 aliphatic heterocycles. The van der Waals surface area contributed by atoms with Crippen LogP contribution in [-0.4, -0.2) is 66.3 Å². The molecule has 0 aromatic rings. The quantitative estimate of drug-likeness (QED) is 0.483. The molecule has 2 unspecified atom stereocenters. The van der Waals surface area contributed by atoms with Crippen LogP contribution in [0, 0.1) is 23.2 Å². The van der Waals surface area contributed by atoms with Gasteiger partial charge in [0, 0.05) is 39.3 Å². The van der Waals surface area contributed by atoms with Gasteiger partial charge >= 0.3 is 5.91 Å². The molecule has 6 rings (SSSR count). The van der Waals surface area contributed by atoms with Crippen molar-refractivity contribution < 1.29 is 23.6 Å². The zero-order valence-electron chi connectivity index (χ0n) is 20.6. The average Bonchev–Trinajstić information content (AvgIpc) is 3.20. The van der Waals surface area contributed by atoms with Gasteiger partial charge in [-0.15, -0.1) is 0 Å². The van der Waals surface area contributed by atoms with Crippen molar-refractivity contribution in [2.24, 2.45) is 39.6 Å². The molecule has 4 saturated carbocycles. The van der Waals surface area contributed by atoms with Crippen molar-refractivity contribution in [3.63, 3.8) is 0 Å². The highest BCUT2D eigenvalue weighted by Crippen LogP contribution is 2.62. The van der Waals surface area contributed by atoms with Gasteiger partial charge in [-0.2, -0.15) is 9.48 Å². The molecule has 4 N–H and O–H groups in total. The average molecular weight is 483 g/mol. The number of hydrogen-bond donors (Lipinski definition) is 2. The van der Waals surface area contributed by atoms with Crippen molar-refractivity contribution in [1.82, 2.24) is 4.90 Å². The standard InChI is InChI=1S/C26H35N5O4/c1-30(6-7-35-2)25(34)21(14-26-11-16-8-17(12-26)10-18(9-16)13-26)31-15-19(23(27)32)29-22(31)5-3-4-20(31)24(28)33/h3-5,15-18,21H,6-14H2,1-2H3,(H3-,27,28,32,33)/p+1. The number of fused-ring (bicyclic) bond motifs is 1. The molecule has 2 heterocycles. The minimum Gasteiger partial charge on any atom is -0.383 e. The van der Waals surface area contributed by atoms with Gasteiger partial charge in [-0.25, -0.2) is 0 Å². The van der Waals surface area contributed by atoms with Crippen LogP contribution in [0.1, 0.15) is 44.9 Å². The van der Waals surface area contributed by atoms with Crippen molar-refractivity contribution >= 4 is 23.6 Å². The predicted octanol–water partition coefficient (Wildman–Crippen LogP) is 1.56. The van der Waals surface area contributed by atoms with E-state index in [1.807, 2.05) is 0 Å².